The lowest BCUT2D eigenvalue weighted by molar-refractivity contribution is -0.00461. The molecule has 0 bridgehead atoms. The van der Waals surface area contributed by atoms with Crippen molar-refractivity contribution in [3.8, 4) is 11.5 Å². The maximum Gasteiger partial charge on any atom is 0.257 e. The molecule has 29 heavy (non-hydrogen) atoms. The largest absolute Gasteiger partial charge is 0.497 e. The van der Waals surface area contributed by atoms with Gasteiger partial charge in [-0.3, -0.25) is 4.79 Å². The molecule has 0 unspecified atom stereocenters. The Morgan fingerprint density at radius 3 is 2.41 bits per heavy atom. The summed E-state index contributed by atoms with van der Waals surface area (Å²) in [7, 11) is 1.58. The Bertz CT molecular complexity index is 877. The summed E-state index contributed by atoms with van der Waals surface area (Å²) >= 11 is 0. The van der Waals surface area contributed by atoms with Crippen LogP contribution in [0.1, 0.15) is 10.4 Å². The first-order valence-corrected chi connectivity index (χ1v) is 9.31. The third kappa shape index (κ3) is 4.33. The first kappa shape index (κ1) is 19.6. The van der Waals surface area contributed by atoms with Crippen molar-refractivity contribution in [3.63, 3.8) is 0 Å². The number of hydrogen-bond acceptors (Lipinski definition) is 5. The van der Waals surface area contributed by atoms with E-state index in [1.165, 1.54) is 4.90 Å². The number of benzene rings is 2. The molecule has 2 aliphatic rings. The van der Waals surface area contributed by atoms with E-state index in [1.807, 2.05) is 18.2 Å². The van der Waals surface area contributed by atoms with Crippen LogP contribution in [-0.2, 0) is 9.47 Å². The van der Waals surface area contributed by atoms with Crippen molar-refractivity contribution in [2.24, 2.45) is 0 Å². The van der Waals surface area contributed by atoms with Gasteiger partial charge in [-0.1, -0.05) is 6.07 Å². The molecule has 0 aromatic heterocycles. The predicted octanol–water partition coefficient (Wildman–Crippen LogP) is 2.66. The molecular weight excluding hydrogens is 384 g/mol. The molecule has 6 nitrogen and oxygen atoms in total. The minimum absolute atomic E-state index is 0.241. The van der Waals surface area contributed by atoms with Crippen LogP contribution in [0.2, 0.25) is 0 Å². The SMILES string of the molecule is COc1cccc(OC2CO[C@H]3CN(C(=O)c4cc(F)ccc4F)C[C@@H]3OC2)c1. The number of ether oxygens (including phenoxy) is 4. The predicted molar refractivity (Wildman–Crippen MR) is 99.2 cm³/mol. The van der Waals surface area contributed by atoms with Gasteiger partial charge in [0.25, 0.3) is 5.91 Å². The fourth-order valence-electron chi connectivity index (χ4n) is 3.51. The van der Waals surface area contributed by atoms with Crippen LogP contribution in [-0.4, -0.2) is 62.5 Å². The molecule has 0 saturated carbocycles. The molecule has 8 heteroatoms. The molecule has 2 saturated heterocycles. The van der Waals surface area contributed by atoms with Crippen LogP contribution in [0, 0.1) is 11.6 Å². The Balaban J connectivity index is 1.37. The Morgan fingerprint density at radius 1 is 1.03 bits per heavy atom. The third-order valence-corrected chi connectivity index (χ3v) is 5.00. The Kier molecular flexibility index (Phi) is 5.64. The zero-order valence-corrected chi connectivity index (χ0v) is 15.8. The summed E-state index contributed by atoms with van der Waals surface area (Å²) in [6.45, 7) is 1.06. The Hall–Kier alpha value is -2.71. The van der Waals surface area contributed by atoms with Crippen molar-refractivity contribution in [3.05, 3.63) is 59.7 Å². The summed E-state index contributed by atoms with van der Waals surface area (Å²) in [5, 5.41) is 0. The topological polar surface area (TPSA) is 57.2 Å². The summed E-state index contributed by atoms with van der Waals surface area (Å²) < 4.78 is 50.2. The van der Waals surface area contributed by atoms with Crippen molar-refractivity contribution < 1.29 is 32.5 Å². The zero-order valence-electron chi connectivity index (χ0n) is 15.8. The maximum absolute atomic E-state index is 13.9. The van der Waals surface area contributed by atoms with Crippen LogP contribution in [0.5, 0.6) is 11.5 Å². The standard InChI is InChI=1S/C21H21F2NO5/c1-26-14-3-2-4-15(8-14)29-16-11-27-19-9-24(10-20(19)28-12-16)21(25)17-7-13(22)5-6-18(17)23/h2-8,16,19-20H,9-12H2,1H3/t19-,20-/m0/s1. The fourth-order valence-corrected chi connectivity index (χ4v) is 3.51. The quantitative estimate of drug-likeness (QED) is 0.783. The molecule has 0 N–H and O–H groups in total. The van der Waals surface area contributed by atoms with E-state index in [-0.39, 0.29) is 50.2 Å². The van der Waals surface area contributed by atoms with Gasteiger partial charge in [0, 0.05) is 19.2 Å². The average molecular weight is 405 g/mol. The summed E-state index contributed by atoms with van der Waals surface area (Å²) in [5.41, 5.74) is -0.291. The van der Waals surface area contributed by atoms with Gasteiger partial charge in [-0.25, -0.2) is 8.78 Å². The molecular formula is C21H21F2NO5. The van der Waals surface area contributed by atoms with Gasteiger partial charge < -0.3 is 23.8 Å². The van der Waals surface area contributed by atoms with Crippen LogP contribution in [0.25, 0.3) is 0 Å². The van der Waals surface area contributed by atoms with Gasteiger partial charge >= 0.3 is 0 Å². The Labute approximate surface area is 166 Å². The van der Waals surface area contributed by atoms with Gasteiger partial charge in [0.05, 0.1) is 25.9 Å². The van der Waals surface area contributed by atoms with Crippen molar-refractivity contribution >= 4 is 5.91 Å². The Morgan fingerprint density at radius 2 is 1.72 bits per heavy atom. The van der Waals surface area contributed by atoms with Crippen molar-refractivity contribution in [2.45, 2.75) is 18.3 Å². The highest BCUT2D eigenvalue weighted by Crippen LogP contribution is 2.25. The van der Waals surface area contributed by atoms with Crippen molar-refractivity contribution in [1.29, 1.82) is 0 Å². The second-order valence-corrected chi connectivity index (χ2v) is 7.00. The summed E-state index contributed by atoms with van der Waals surface area (Å²) in [4.78, 5) is 14.0. The highest BCUT2D eigenvalue weighted by atomic mass is 19.1. The van der Waals surface area contributed by atoms with E-state index in [2.05, 4.69) is 0 Å². The second kappa shape index (κ2) is 8.34. The number of hydrogen-bond donors (Lipinski definition) is 0. The summed E-state index contributed by atoms with van der Waals surface area (Å²) in [6, 6.07) is 10.1. The molecule has 0 aliphatic carbocycles. The number of rotatable bonds is 4. The second-order valence-electron chi connectivity index (χ2n) is 7.00. The monoisotopic (exact) mass is 405 g/mol. The van der Waals surface area contributed by atoms with E-state index in [0.29, 0.717) is 11.5 Å². The average Bonchev–Trinajstić information content (AvgIpc) is 3.05. The lowest BCUT2D eigenvalue weighted by Gasteiger charge is -2.20. The molecule has 2 aromatic carbocycles. The van der Waals surface area contributed by atoms with E-state index < -0.39 is 17.5 Å². The number of amides is 1. The van der Waals surface area contributed by atoms with Gasteiger partial charge in [-0.05, 0) is 30.3 Å². The third-order valence-electron chi connectivity index (χ3n) is 5.00. The van der Waals surface area contributed by atoms with Gasteiger partial charge in [-0.2, -0.15) is 0 Å². The highest BCUT2D eigenvalue weighted by Gasteiger charge is 2.40. The number of halogens is 2. The number of carbonyl (C=O) groups excluding carboxylic acids is 1. The molecule has 0 spiro atoms. The molecule has 4 rings (SSSR count). The highest BCUT2D eigenvalue weighted by molar-refractivity contribution is 5.94. The first-order chi connectivity index (χ1) is 14.0. The molecule has 0 radical (unpaired) electrons. The lowest BCUT2D eigenvalue weighted by atomic mass is 10.2. The molecule has 2 aromatic rings. The van der Waals surface area contributed by atoms with Crippen molar-refractivity contribution in [2.75, 3.05) is 33.4 Å². The van der Waals surface area contributed by atoms with E-state index >= 15 is 0 Å². The van der Waals surface area contributed by atoms with Crippen LogP contribution >= 0.6 is 0 Å². The lowest BCUT2D eigenvalue weighted by Crippen LogP contribution is -2.33. The maximum atomic E-state index is 13.9. The number of carbonyl (C=O) groups is 1. The molecule has 2 fully saturated rings. The normalized spacial score (nSPS) is 22.1. The smallest absolute Gasteiger partial charge is 0.257 e. The number of nitrogens with zero attached hydrogens (tertiary/aromatic N) is 1. The van der Waals surface area contributed by atoms with Crippen LogP contribution in [0.4, 0.5) is 8.78 Å². The number of fused-ring (bicyclic) bond motifs is 1. The minimum Gasteiger partial charge on any atom is -0.497 e. The first-order valence-electron chi connectivity index (χ1n) is 9.31. The number of likely N-dealkylation sites (tertiary alicyclic amines) is 1. The summed E-state index contributed by atoms with van der Waals surface area (Å²) in [6.07, 6.45) is -1.01. The van der Waals surface area contributed by atoms with E-state index in [1.54, 1.807) is 13.2 Å². The molecule has 154 valence electrons. The molecule has 2 atom stereocenters. The van der Waals surface area contributed by atoms with Gasteiger partial charge in [-0.15, -0.1) is 0 Å². The van der Waals surface area contributed by atoms with E-state index in [0.717, 1.165) is 18.2 Å². The van der Waals surface area contributed by atoms with E-state index in [9.17, 15) is 13.6 Å². The van der Waals surface area contributed by atoms with Crippen LogP contribution in [0.15, 0.2) is 42.5 Å². The van der Waals surface area contributed by atoms with Gasteiger partial charge in [0.1, 0.15) is 41.4 Å². The minimum atomic E-state index is -0.753. The van der Waals surface area contributed by atoms with E-state index in [4.69, 9.17) is 18.9 Å². The summed E-state index contributed by atoms with van der Waals surface area (Å²) in [5.74, 6) is -0.655. The number of methoxy groups -OCH3 is 1. The molecule has 2 aliphatic heterocycles. The molecule has 1 amide bonds. The van der Waals surface area contributed by atoms with Gasteiger partial charge in [0.2, 0.25) is 0 Å². The molecule has 2 heterocycles. The van der Waals surface area contributed by atoms with Crippen LogP contribution < -0.4 is 9.47 Å². The van der Waals surface area contributed by atoms with Gasteiger partial charge in [0.15, 0.2) is 0 Å². The fraction of sp³-hybridized carbons (Fsp3) is 0.381. The van der Waals surface area contributed by atoms with Crippen LogP contribution in [0.3, 0.4) is 0 Å². The van der Waals surface area contributed by atoms with Crippen molar-refractivity contribution in [1.82, 2.24) is 4.90 Å². The zero-order chi connectivity index (χ0) is 20.4.